The summed E-state index contributed by atoms with van der Waals surface area (Å²) >= 11 is -2.06. The molecule has 0 N–H and O–H groups in total. The number of benzene rings is 2. The van der Waals surface area contributed by atoms with Crippen molar-refractivity contribution in [3.8, 4) is 0 Å². The molecule has 166 valence electrons. The third-order valence-corrected chi connectivity index (χ3v) is 27.0. The van der Waals surface area contributed by atoms with E-state index in [0.717, 1.165) is 11.1 Å². The molecule has 5 heteroatoms. The van der Waals surface area contributed by atoms with Crippen molar-refractivity contribution in [3.63, 3.8) is 0 Å². The topological polar surface area (TPSA) is 0 Å². The number of hydrogen-bond acceptors (Lipinski definition) is 0. The Balaban J connectivity index is 1.85. The first-order chi connectivity index (χ1) is 15.0. The fourth-order valence-corrected chi connectivity index (χ4v) is 25.9. The van der Waals surface area contributed by atoms with Crippen LogP contribution in [0, 0.1) is 0 Å². The predicted octanol–water partition coefficient (Wildman–Crippen LogP) is 8.54. The predicted molar refractivity (Wildman–Crippen MR) is 126 cm³/mol. The maximum absolute atomic E-state index is 13.1. The molecule has 2 aromatic rings. The van der Waals surface area contributed by atoms with E-state index < -0.39 is 37.5 Å². The minimum absolute atomic E-state index is 0.461. The van der Waals surface area contributed by atoms with Crippen molar-refractivity contribution in [2.45, 2.75) is 54.2 Å². The molecule has 0 bridgehead atoms. The summed E-state index contributed by atoms with van der Waals surface area (Å²) in [7, 11) is 0. The Morgan fingerprint density at radius 1 is 0.812 bits per heavy atom. The van der Waals surface area contributed by atoms with Crippen LogP contribution in [0.15, 0.2) is 76.9 Å². The van der Waals surface area contributed by atoms with E-state index in [1.54, 1.807) is 23.3 Å². The van der Waals surface area contributed by atoms with E-state index in [4.69, 9.17) is 0 Å². The van der Waals surface area contributed by atoms with Crippen LogP contribution in [0.1, 0.15) is 53.6 Å². The molecule has 4 rings (SSSR count). The second-order valence-corrected chi connectivity index (χ2v) is 27.2. The van der Waals surface area contributed by atoms with Crippen LogP contribution in [0.3, 0.4) is 0 Å². The molecule has 0 fully saturated rings. The molecule has 0 amide bonds. The van der Waals surface area contributed by atoms with E-state index in [9.17, 15) is 13.2 Å². The normalized spacial score (nSPS) is 18.9. The van der Waals surface area contributed by atoms with Crippen molar-refractivity contribution in [3.05, 3.63) is 99.2 Å². The third-order valence-electron chi connectivity index (χ3n) is 7.28. The Kier molecular flexibility index (Phi) is 6.46. The molecule has 0 nitrogen and oxygen atoms in total. The molecule has 0 radical (unpaired) electrons. The van der Waals surface area contributed by atoms with Gasteiger partial charge < -0.3 is 0 Å². The SMILES string of the molecule is CC1=C(C)[CH]([Zr]([CH]2C=C(c3ccc(C(F)(F)F)cc3)c3ccccc32)=[Si](C)C)C(C)=C1C. The summed E-state index contributed by atoms with van der Waals surface area (Å²) in [6.07, 6.45) is -1.89. The molecule has 2 aliphatic rings. The minimum atomic E-state index is -4.31. The number of halogens is 3. The molecular weight excluding hydrogens is 501 g/mol. The molecule has 0 saturated carbocycles. The van der Waals surface area contributed by atoms with Crippen LogP contribution < -0.4 is 0 Å². The summed E-state index contributed by atoms with van der Waals surface area (Å²) in [6, 6.07) is 14.3. The van der Waals surface area contributed by atoms with E-state index >= 15 is 0 Å². The Morgan fingerprint density at radius 3 is 1.91 bits per heavy atom. The van der Waals surface area contributed by atoms with Gasteiger partial charge in [-0.05, 0) is 0 Å². The summed E-state index contributed by atoms with van der Waals surface area (Å²) in [5.74, 6) is 0. The van der Waals surface area contributed by atoms with Crippen molar-refractivity contribution in [1.29, 1.82) is 0 Å². The zero-order chi connectivity index (χ0) is 23.4. The Hall–Kier alpha value is -1.45. The van der Waals surface area contributed by atoms with Gasteiger partial charge in [-0.2, -0.15) is 0 Å². The van der Waals surface area contributed by atoms with Crippen molar-refractivity contribution in [2.24, 2.45) is 0 Å². The van der Waals surface area contributed by atoms with Gasteiger partial charge in [0, 0.05) is 0 Å². The third kappa shape index (κ3) is 4.01. The Labute approximate surface area is 197 Å². The van der Waals surface area contributed by atoms with Crippen molar-refractivity contribution < 1.29 is 33.5 Å². The molecule has 0 aliphatic heterocycles. The van der Waals surface area contributed by atoms with Gasteiger partial charge in [-0.3, -0.25) is 0 Å². The van der Waals surface area contributed by atoms with Gasteiger partial charge in [0.1, 0.15) is 0 Å². The van der Waals surface area contributed by atoms with E-state index in [0.29, 0.717) is 7.25 Å². The summed E-state index contributed by atoms with van der Waals surface area (Å²) in [5.41, 5.74) is 9.57. The van der Waals surface area contributed by atoms with Crippen LogP contribution in [0.2, 0.25) is 16.7 Å². The van der Waals surface area contributed by atoms with E-state index in [2.05, 4.69) is 65.1 Å². The van der Waals surface area contributed by atoms with E-state index in [-0.39, 0.29) is 0 Å². The Bertz CT molecular complexity index is 1180. The van der Waals surface area contributed by atoms with Gasteiger partial charge in [-0.25, -0.2) is 0 Å². The van der Waals surface area contributed by atoms with Gasteiger partial charge in [0.2, 0.25) is 0 Å². The monoisotopic (exact) mass is 528 g/mol. The van der Waals surface area contributed by atoms with Crippen LogP contribution in [0.5, 0.6) is 0 Å². The summed E-state index contributed by atoms with van der Waals surface area (Å²) in [6.45, 7) is 14.1. The van der Waals surface area contributed by atoms with Gasteiger partial charge in [0.25, 0.3) is 0 Å². The zero-order valence-corrected chi connectivity index (χ0v) is 22.9. The average Bonchev–Trinajstić information content (AvgIpc) is 3.21. The molecule has 0 spiro atoms. The van der Waals surface area contributed by atoms with Crippen molar-refractivity contribution in [1.82, 2.24) is 0 Å². The molecular formula is C27H29F3SiZr. The molecule has 32 heavy (non-hydrogen) atoms. The molecule has 1 unspecified atom stereocenters. The molecule has 0 heterocycles. The second kappa shape index (κ2) is 8.72. The fourth-order valence-electron chi connectivity index (χ4n) is 5.30. The number of hydrogen-bond donors (Lipinski definition) is 0. The first-order valence-electron chi connectivity index (χ1n) is 11.0. The van der Waals surface area contributed by atoms with Crippen LogP contribution >= 0.6 is 0 Å². The number of rotatable bonds is 3. The first-order valence-corrected chi connectivity index (χ1v) is 20.1. The van der Waals surface area contributed by atoms with Crippen molar-refractivity contribution >= 4 is 11.0 Å². The second-order valence-electron chi connectivity index (χ2n) is 9.22. The van der Waals surface area contributed by atoms with Gasteiger partial charge >= 0.3 is 198 Å². The number of fused-ring (bicyclic) bond motifs is 1. The first kappa shape index (κ1) is 23.7. The van der Waals surface area contributed by atoms with Gasteiger partial charge in [0.05, 0.1) is 0 Å². The van der Waals surface area contributed by atoms with Crippen LogP contribution in [0.4, 0.5) is 13.2 Å². The van der Waals surface area contributed by atoms with Crippen LogP contribution in [0.25, 0.3) is 5.57 Å². The van der Waals surface area contributed by atoms with Gasteiger partial charge in [-0.1, -0.05) is 0 Å². The number of allylic oxidation sites excluding steroid dienone is 5. The van der Waals surface area contributed by atoms with E-state index in [1.807, 2.05) is 6.07 Å². The molecule has 1 atom stereocenters. The van der Waals surface area contributed by atoms with Gasteiger partial charge in [-0.15, -0.1) is 0 Å². The molecule has 2 aliphatic carbocycles. The molecule has 2 aromatic carbocycles. The quantitative estimate of drug-likeness (QED) is 0.350. The van der Waals surface area contributed by atoms with Crippen LogP contribution in [-0.2, 0) is 26.5 Å². The summed E-state index contributed by atoms with van der Waals surface area (Å²) < 4.78 is 40.4. The summed E-state index contributed by atoms with van der Waals surface area (Å²) in [5, 5.41) is 0. The van der Waals surface area contributed by atoms with Crippen molar-refractivity contribution in [2.75, 3.05) is 0 Å². The standard InChI is InChI=1S/C16H10F3.C9H13.C2H6Si.Zr/c17-16(18,19)13-8-5-12(6-9-13)15-10-7-11-3-1-2-4-14(11)15;1-6-5-7(2)9(4)8(6)3;1-3-2;/h1-10H;5H,1-4H3;1-2H3;. The summed E-state index contributed by atoms with van der Waals surface area (Å²) in [4.78, 5) is 0. The van der Waals surface area contributed by atoms with Crippen LogP contribution in [-0.4, -0.2) is 5.43 Å². The fraction of sp³-hybridized carbons (Fsp3) is 0.333. The van der Waals surface area contributed by atoms with E-state index in [1.165, 1.54) is 34.4 Å². The van der Waals surface area contributed by atoms with Gasteiger partial charge in [0.15, 0.2) is 0 Å². The maximum atomic E-state index is 13.1. The Morgan fingerprint density at radius 2 is 1.38 bits per heavy atom. The molecule has 0 aromatic heterocycles. The number of alkyl halides is 3. The zero-order valence-electron chi connectivity index (χ0n) is 19.5. The average molecular weight is 530 g/mol. The molecule has 0 saturated heterocycles.